The quantitative estimate of drug-likeness (QED) is 0.518. The maximum atomic E-state index is 14.1. The van der Waals surface area contributed by atoms with E-state index in [0.29, 0.717) is 49.9 Å². The van der Waals surface area contributed by atoms with Gasteiger partial charge in [0.05, 0.1) is 11.6 Å². The third-order valence-corrected chi connectivity index (χ3v) is 7.63. The van der Waals surface area contributed by atoms with Crippen LogP contribution in [0.1, 0.15) is 24.2 Å². The minimum absolute atomic E-state index is 0.0441. The molecule has 34 heavy (non-hydrogen) atoms. The number of hydrogen-bond donors (Lipinski definition) is 0. The number of carbonyl (C=O) groups is 1. The number of benzene rings is 2. The number of halogens is 2. The van der Waals surface area contributed by atoms with Gasteiger partial charge in [-0.15, -0.1) is 0 Å². The molecule has 5 rings (SSSR count). The summed E-state index contributed by atoms with van der Waals surface area (Å²) < 4.78 is 18.7. The first-order valence-corrected chi connectivity index (χ1v) is 12.8. The van der Waals surface area contributed by atoms with Crippen molar-refractivity contribution in [3.63, 3.8) is 0 Å². The van der Waals surface area contributed by atoms with Gasteiger partial charge < -0.3 is 14.7 Å². The number of rotatable bonds is 5. The van der Waals surface area contributed by atoms with E-state index in [1.165, 1.54) is 17.6 Å². The van der Waals surface area contributed by atoms with Crippen LogP contribution in [-0.4, -0.2) is 59.4 Å². The Hall–Kier alpha value is -2.71. The lowest BCUT2D eigenvalue weighted by Crippen LogP contribution is -2.52. The van der Waals surface area contributed by atoms with E-state index in [2.05, 4.69) is 9.27 Å². The Bertz CT molecular complexity index is 1130. The standard InChI is InChI=1S/C25H27ClFN5OS/c26-20-9-7-18(8-10-20)16-23-28-25(34-29-23)32-11-3-4-19(17-32)24(33)31-14-12-30(13-15-31)22-6-2-1-5-21(22)27/h1-2,5-10,19H,3-4,11-17H2. The predicted molar refractivity (Wildman–Crippen MR) is 134 cm³/mol. The Morgan fingerprint density at radius 3 is 2.56 bits per heavy atom. The molecule has 2 fully saturated rings. The molecule has 0 aliphatic carbocycles. The maximum absolute atomic E-state index is 14.1. The summed E-state index contributed by atoms with van der Waals surface area (Å²) in [5.41, 5.74) is 1.74. The number of para-hydroxylation sites is 1. The number of piperidine rings is 1. The molecule has 3 aromatic rings. The van der Waals surface area contributed by atoms with Crippen molar-refractivity contribution >= 4 is 39.9 Å². The van der Waals surface area contributed by atoms with Crippen molar-refractivity contribution in [3.05, 3.63) is 70.8 Å². The average Bonchev–Trinajstić information content (AvgIpc) is 3.34. The molecule has 2 aliphatic heterocycles. The first kappa shape index (κ1) is 23.1. The largest absolute Gasteiger partial charge is 0.366 e. The van der Waals surface area contributed by atoms with Gasteiger partial charge in [-0.25, -0.2) is 9.37 Å². The van der Waals surface area contributed by atoms with E-state index in [4.69, 9.17) is 16.6 Å². The molecular weight excluding hydrogens is 473 g/mol. The van der Waals surface area contributed by atoms with Gasteiger partial charge >= 0.3 is 0 Å². The molecule has 3 heterocycles. The second kappa shape index (κ2) is 10.3. The average molecular weight is 500 g/mol. The third-order valence-electron chi connectivity index (χ3n) is 6.56. The van der Waals surface area contributed by atoms with Gasteiger partial charge in [0.15, 0.2) is 0 Å². The number of piperazine rings is 1. The highest BCUT2D eigenvalue weighted by molar-refractivity contribution is 7.09. The molecule has 1 amide bonds. The highest BCUT2D eigenvalue weighted by Gasteiger charge is 2.32. The van der Waals surface area contributed by atoms with E-state index in [1.807, 2.05) is 40.1 Å². The molecule has 9 heteroatoms. The fourth-order valence-electron chi connectivity index (χ4n) is 4.72. The summed E-state index contributed by atoms with van der Waals surface area (Å²) >= 11 is 7.37. The highest BCUT2D eigenvalue weighted by atomic mass is 35.5. The van der Waals surface area contributed by atoms with Crippen LogP contribution >= 0.6 is 23.1 Å². The number of amides is 1. The van der Waals surface area contributed by atoms with E-state index < -0.39 is 0 Å². The lowest BCUT2D eigenvalue weighted by molar-refractivity contribution is -0.136. The Morgan fingerprint density at radius 1 is 1.03 bits per heavy atom. The summed E-state index contributed by atoms with van der Waals surface area (Å²) in [6, 6.07) is 14.6. The van der Waals surface area contributed by atoms with E-state index in [9.17, 15) is 9.18 Å². The van der Waals surface area contributed by atoms with Gasteiger partial charge in [-0.3, -0.25) is 4.79 Å². The van der Waals surface area contributed by atoms with Gasteiger partial charge in [-0.2, -0.15) is 4.37 Å². The zero-order chi connectivity index (χ0) is 23.5. The van der Waals surface area contributed by atoms with Crippen molar-refractivity contribution in [2.24, 2.45) is 5.92 Å². The fourth-order valence-corrected chi connectivity index (χ4v) is 5.56. The number of hydrogen-bond acceptors (Lipinski definition) is 6. The van der Waals surface area contributed by atoms with Crippen LogP contribution in [0.15, 0.2) is 48.5 Å². The highest BCUT2D eigenvalue weighted by Crippen LogP contribution is 2.27. The molecule has 0 bridgehead atoms. The van der Waals surface area contributed by atoms with Gasteiger partial charge in [-0.05, 0) is 42.7 Å². The summed E-state index contributed by atoms with van der Waals surface area (Å²) in [4.78, 5) is 24.2. The molecule has 1 unspecified atom stereocenters. The van der Waals surface area contributed by atoms with Crippen molar-refractivity contribution in [1.82, 2.24) is 14.3 Å². The van der Waals surface area contributed by atoms with Crippen LogP contribution in [0.4, 0.5) is 15.2 Å². The van der Waals surface area contributed by atoms with Gasteiger partial charge in [0.1, 0.15) is 11.6 Å². The minimum Gasteiger partial charge on any atom is -0.366 e. The Labute approximate surface area is 208 Å². The smallest absolute Gasteiger partial charge is 0.227 e. The SMILES string of the molecule is O=C(C1CCCN(c2nc(Cc3ccc(Cl)cc3)ns2)C1)N1CCN(c2ccccc2F)CC1. The van der Waals surface area contributed by atoms with E-state index in [1.54, 1.807) is 12.1 Å². The molecule has 0 radical (unpaired) electrons. The van der Waals surface area contributed by atoms with Crippen LogP contribution in [0.5, 0.6) is 0 Å². The van der Waals surface area contributed by atoms with Crippen molar-refractivity contribution in [2.45, 2.75) is 19.3 Å². The van der Waals surface area contributed by atoms with Crippen LogP contribution in [0.25, 0.3) is 0 Å². The molecule has 2 aliphatic rings. The van der Waals surface area contributed by atoms with Crippen LogP contribution in [-0.2, 0) is 11.2 Å². The zero-order valence-corrected chi connectivity index (χ0v) is 20.4. The Balaban J connectivity index is 1.17. The Kier molecular flexibility index (Phi) is 6.97. The summed E-state index contributed by atoms with van der Waals surface area (Å²) in [6.07, 6.45) is 2.51. The number of aromatic nitrogens is 2. The number of anilines is 2. The predicted octanol–water partition coefficient (Wildman–Crippen LogP) is 4.49. The van der Waals surface area contributed by atoms with Gasteiger partial charge in [0.25, 0.3) is 0 Å². The molecule has 2 saturated heterocycles. The van der Waals surface area contributed by atoms with Gasteiger partial charge in [-0.1, -0.05) is 35.9 Å². The van der Waals surface area contributed by atoms with Crippen LogP contribution < -0.4 is 9.80 Å². The van der Waals surface area contributed by atoms with Crippen molar-refractivity contribution < 1.29 is 9.18 Å². The van der Waals surface area contributed by atoms with E-state index >= 15 is 0 Å². The number of nitrogens with zero attached hydrogens (tertiary/aromatic N) is 5. The summed E-state index contributed by atoms with van der Waals surface area (Å²) in [6.45, 7) is 4.09. The maximum Gasteiger partial charge on any atom is 0.227 e. The first-order chi connectivity index (χ1) is 16.6. The second-order valence-electron chi connectivity index (χ2n) is 8.85. The molecular formula is C25H27ClFN5OS. The molecule has 6 nitrogen and oxygen atoms in total. The van der Waals surface area contributed by atoms with Crippen molar-refractivity contribution in [1.29, 1.82) is 0 Å². The van der Waals surface area contributed by atoms with Crippen LogP contribution in [0.2, 0.25) is 5.02 Å². The van der Waals surface area contributed by atoms with Crippen molar-refractivity contribution in [2.75, 3.05) is 49.1 Å². The molecule has 0 saturated carbocycles. The molecule has 2 aromatic carbocycles. The minimum atomic E-state index is -0.210. The topological polar surface area (TPSA) is 52.6 Å². The first-order valence-electron chi connectivity index (χ1n) is 11.7. The lowest BCUT2D eigenvalue weighted by Gasteiger charge is -2.39. The summed E-state index contributed by atoms with van der Waals surface area (Å²) in [5.74, 6) is 0.735. The number of carbonyl (C=O) groups excluding carboxylic acids is 1. The normalized spacial score (nSPS) is 18.9. The molecule has 1 atom stereocenters. The monoisotopic (exact) mass is 499 g/mol. The van der Waals surface area contributed by atoms with Crippen LogP contribution in [0.3, 0.4) is 0 Å². The van der Waals surface area contributed by atoms with E-state index in [0.717, 1.165) is 35.9 Å². The third kappa shape index (κ3) is 5.18. The lowest BCUT2D eigenvalue weighted by atomic mass is 9.96. The molecule has 178 valence electrons. The van der Waals surface area contributed by atoms with Crippen molar-refractivity contribution in [3.8, 4) is 0 Å². The van der Waals surface area contributed by atoms with E-state index in [-0.39, 0.29) is 17.6 Å². The fraction of sp³-hybridized carbons (Fsp3) is 0.400. The second-order valence-corrected chi connectivity index (χ2v) is 10.0. The molecule has 0 spiro atoms. The zero-order valence-electron chi connectivity index (χ0n) is 18.9. The molecule has 0 N–H and O–H groups in total. The summed E-state index contributed by atoms with van der Waals surface area (Å²) in [7, 11) is 0. The summed E-state index contributed by atoms with van der Waals surface area (Å²) in [5, 5.41) is 1.60. The van der Waals surface area contributed by atoms with Gasteiger partial charge in [0, 0.05) is 62.2 Å². The Morgan fingerprint density at radius 2 is 1.79 bits per heavy atom. The van der Waals surface area contributed by atoms with Gasteiger partial charge in [0.2, 0.25) is 11.0 Å². The van der Waals surface area contributed by atoms with Crippen LogP contribution in [0, 0.1) is 11.7 Å². The molecule has 1 aromatic heterocycles.